The molecule has 0 saturated heterocycles. The van der Waals surface area contributed by atoms with Crippen molar-refractivity contribution >= 4 is 12.2 Å². The first kappa shape index (κ1) is 12.6. The van der Waals surface area contributed by atoms with Crippen LogP contribution in [0.3, 0.4) is 0 Å². The molecule has 2 aromatic carbocycles. The molecule has 0 spiro atoms. The normalized spacial score (nSPS) is 10.7. The van der Waals surface area contributed by atoms with Gasteiger partial charge in [0.2, 0.25) is 0 Å². The third-order valence-electron chi connectivity index (χ3n) is 2.89. The van der Waals surface area contributed by atoms with Crippen LogP contribution in [0.25, 0.3) is 17.1 Å². The number of aromatic nitrogens is 3. The van der Waals surface area contributed by atoms with Crippen LogP contribution >= 0.6 is 12.2 Å². The fourth-order valence-electron chi connectivity index (χ4n) is 1.99. The Morgan fingerprint density at radius 2 is 1.90 bits per heavy atom. The standard InChI is InChI=1S/C14H10FN3OS/c15-9-6-7-11(12(19)8-9)13-16-17-14(20)18(13)10-4-2-1-3-5-10/h1-8,19H,(H,17,20). The van der Waals surface area contributed by atoms with Crippen LogP contribution in [0.2, 0.25) is 0 Å². The van der Waals surface area contributed by atoms with Gasteiger partial charge in [0.1, 0.15) is 11.6 Å². The number of phenols is 1. The third-order valence-corrected chi connectivity index (χ3v) is 3.16. The van der Waals surface area contributed by atoms with Gasteiger partial charge < -0.3 is 5.11 Å². The lowest BCUT2D eigenvalue weighted by Crippen LogP contribution is -1.97. The minimum atomic E-state index is -0.508. The SMILES string of the molecule is Oc1cc(F)ccc1-c1n[nH]c(=S)n1-c1ccccc1. The quantitative estimate of drug-likeness (QED) is 0.710. The van der Waals surface area contributed by atoms with Crippen LogP contribution in [0.4, 0.5) is 4.39 Å². The van der Waals surface area contributed by atoms with Gasteiger partial charge in [0.15, 0.2) is 10.6 Å². The molecule has 3 rings (SSSR count). The fourth-order valence-corrected chi connectivity index (χ4v) is 2.23. The summed E-state index contributed by atoms with van der Waals surface area (Å²) in [6.07, 6.45) is 0. The van der Waals surface area contributed by atoms with Crippen LogP contribution in [0.15, 0.2) is 48.5 Å². The number of rotatable bonds is 2. The number of phenolic OH excluding ortho intramolecular Hbond substituents is 1. The number of H-pyrrole nitrogens is 1. The van der Waals surface area contributed by atoms with Gasteiger partial charge in [0.25, 0.3) is 0 Å². The molecule has 0 bridgehead atoms. The van der Waals surface area contributed by atoms with Crippen LogP contribution in [-0.2, 0) is 0 Å². The molecule has 0 aliphatic heterocycles. The summed E-state index contributed by atoms with van der Waals surface area (Å²) < 4.78 is 15.2. The molecule has 0 fully saturated rings. The molecule has 20 heavy (non-hydrogen) atoms. The van der Waals surface area contributed by atoms with Gasteiger partial charge in [-0.25, -0.2) is 4.39 Å². The third kappa shape index (κ3) is 2.10. The van der Waals surface area contributed by atoms with E-state index < -0.39 is 5.82 Å². The average molecular weight is 287 g/mol. The van der Waals surface area contributed by atoms with E-state index in [0.717, 1.165) is 11.8 Å². The average Bonchev–Trinajstić information content (AvgIpc) is 2.81. The van der Waals surface area contributed by atoms with Gasteiger partial charge in [-0.1, -0.05) is 18.2 Å². The first-order chi connectivity index (χ1) is 9.66. The highest BCUT2D eigenvalue weighted by Crippen LogP contribution is 2.29. The van der Waals surface area contributed by atoms with Crippen molar-refractivity contribution in [3.05, 3.63) is 59.1 Å². The van der Waals surface area contributed by atoms with Crippen molar-refractivity contribution in [1.29, 1.82) is 0 Å². The molecule has 0 radical (unpaired) electrons. The Balaban J connectivity index is 2.24. The van der Waals surface area contributed by atoms with Gasteiger partial charge in [0, 0.05) is 11.8 Å². The number of hydrogen-bond donors (Lipinski definition) is 2. The van der Waals surface area contributed by atoms with Gasteiger partial charge in [-0.3, -0.25) is 9.67 Å². The van der Waals surface area contributed by atoms with Crippen molar-refractivity contribution in [3.8, 4) is 22.8 Å². The molecule has 3 aromatic rings. The van der Waals surface area contributed by atoms with E-state index in [0.29, 0.717) is 16.2 Å². The topological polar surface area (TPSA) is 53.8 Å². The number of aromatic hydroxyl groups is 1. The molecule has 0 unspecified atom stereocenters. The number of halogens is 1. The number of aromatic amines is 1. The van der Waals surface area contributed by atoms with Crippen molar-refractivity contribution in [1.82, 2.24) is 14.8 Å². The first-order valence-electron chi connectivity index (χ1n) is 5.88. The van der Waals surface area contributed by atoms with Crippen LogP contribution in [0.5, 0.6) is 5.75 Å². The van der Waals surface area contributed by atoms with E-state index in [4.69, 9.17) is 12.2 Å². The minimum absolute atomic E-state index is 0.184. The molecular formula is C14H10FN3OS. The number of para-hydroxylation sites is 1. The Labute approximate surface area is 119 Å². The molecule has 0 saturated carbocycles. The van der Waals surface area contributed by atoms with Crippen molar-refractivity contribution in [2.24, 2.45) is 0 Å². The number of nitrogens with zero attached hydrogens (tertiary/aromatic N) is 2. The second-order valence-electron chi connectivity index (χ2n) is 4.18. The molecular weight excluding hydrogens is 277 g/mol. The molecule has 0 aliphatic rings. The van der Waals surface area contributed by atoms with Crippen LogP contribution in [0.1, 0.15) is 0 Å². The van der Waals surface area contributed by atoms with Crippen LogP contribution in [0, 0.1) is 10.6 Å². The van der Waals surface area contributed by atoms with Crippen LogP contribution in [-0.4, -0.2) is 19.9 Å². The lowest BCUT2D eigenvalue weighted by molar-refractivity contribution is 0.470. The molecule has 6 heteroatoms. The Hall–Kier alpha value is -2.47. The molecule has 100 valence electrons. The number of hydrogen-bond acceptors (Lipinski definition) is 3. The highest BCUT2D eigenvalue weighted by molar-refractivity contribution is 7.71. The maximum atomic E-state index is 13.1. The highest BCUT2D eigenvalue weighted by Gasteiger charge is 2.14. The van der Waals surface area contributed by atoms with Crippen LogP contribution < -0.4 is 0 Å². The molecule has 0 atom stereocenters. The summed E-state index contributed by atoms with van der Waals surface area (Å²) >= 11 is 5.21. The summed E-state index contributed by atoms with van der Waals surface area (Å²) in [5, 5.41) is 16.7. The van der Waals surface area contributed by atoms with Gasteiger partial charge in [-0.05, 0) is 36.5 Å². The lowest BCUT2D eigenvalue weighted by atomic mass is 10.2. The van der Waals surface area contributed by atoms with E-state index in [1.165, 1.54) is 12.1 Å². The highest BCUT2D eigenvalue weighted by atomic mass is 32.1. The van der Waals surface area contributed by atoms with E-state index in [2.05, 4.69) is 10.2 Å². The summed E-state index contributed by atoms with van der Waals surface area (Å²) in [6, 6.07) is 13.2. The van der Waals surface area contributed by atoms with Crippen molar-refractivity contribution in [3.63, 3.8) is 0 Å². The second kappa shape index (κ2) is 4.90. The molecule has 0 aliphatic carbocycles. The van der Waals surface area contributed by atoms with Gasteiger partial charge >= 0.3 is 0 Å². The first-order valence-corrected chi connectivity index (χ1v) is 6.29. The Kier molecular flexibility index (Phi) is 3.08. The predicted molar refractivity (Wildman–Crippen MR) is 75.8 cm³/mol. The smallest absolute Gasteiger partial charge is 0.200 e. The summed E-state index contributed by atoms with van der Waals surface area (Å²) in [4.78, 5) is 0. The van der Waals surface area contributed by atoms with Crippen molar-refractivity contribution in [2.75, 3.05) is 0 Å². The molecule has 1 heterocycles. The molecule has 2 N–H and O–H groups in total. The maximum absolute atomic E-state index is 13.1. The minimum Gasteiger partial charge on any atom is -0.507 e. The predicted octanol–water partition coefficient (Wildman–Crippen LogP) is 3.44. The van der Waals surface area contributed by atoms with Gasteiger partial charge in [0.05, 0.1) is 5.56 Å². The Morgan fingerprint density at radius 3 is 2.60 bits per heavy atom. The zero-order valence-corrected chi connectivity index (χ0v) is 11.1. The van der Waals surface area contributed by atoms with Gasteiger partial charge in [-0.2, -0.15) is 5.10 Å². The molecule has 0 amide bonds. The van der Waals surface area contributed by atoms with E-state index in [-0.39, 0.29) is 5.75 Å². The summed E-state index contributed by atoms with van der Waals surface area (Å²) in [5.74, 6) is -0.262. The van der Waals surface area contributed by atoms with E-state index in [9.17, 15) is 9.50 Å². The van der Waals surface area contributed by atoms with Crippen molar-refractivity contribution < 1.29 is 9.50 Å². The number of benzene rings is 2. The zero-order valence-electron chi connectivity index (χ0n) is 10.2. The summed E-state index contributed by atoms with van der Waals surface area (Å²) in [6.45, 7) is 0. The Morgan fingerprint density at radius 1 is 1.15 bits per heavy atom. The molecule has 1 aromatic heterocycles. The van der Waals surface area contributed by atoms with E-state index >= 15 is 0 Å². The van der Waals surface area contributed by atoms with E-state index in [1.54, 1.807) is 4.57 Å². The maximum Gasteiger partial charge on any atom is 0.200 e. The zero-order chi connectivity index (χ0) is 14.1. The van der Waals surface area contributed by atoms with Gasteiger partial charge in [-0.15, -0.1) is 0 Å². The second-order valence-corrected chi connectivity index (χ2v) is 4.57. The van der Waals surface area contributed by atoms with E-state index in [1.807, 2.05) is 30.3 Å². The summed E-state index contributed by atoms with van der Waals surface area (Å²) in [5.41, 5.74) is 1.22. The summed E-state index contributed by atoms with van der Waals surface area (Å²) in [7, 11) is 0. The largest absolute Gasteiger partial charge is 0.507 e. The Bertz CT molecular complexity index is 811. The lowest BCUT2D eigenvalue weighted by Gasteiger charge is -2.08. The molecule has 4 nitrogen and oxygen atoms in total. The number of nitrogens with one attached hydrogen (secondary N) is 1. The van der Waals surface area contributed by atoms with Crippen molar-refractivity contribution in [2.45, 2.75) is 0 Å². The fraction of sp³-hybridized carbons (Fsp3) is 0. The monoisotopic (exact) mass is 287 g/mol.